The van der Waals surface area contributed by atoms with Crippen LogP contribution in [0.1, 0.15) is 6.92 Å². The van der Waals surface area contributed by atoms with Crippen LogP contribution in [0.25, 0.3) is 10.9 Å². The molecule has 0 aliphatic heterocycles. The summed E-state index contributed by atoms with van der Waals surface area (Å²) < 4.78 is 1.48. The van der Waals surface area contributed by atoms with Crippen LogP contribution in [0.5, 0.6) is 0 Å². The fourth-order valence-corrected chi connectivity index (χ4v) is 3.73. The highest BCUT2D eigenvalue weighted by Gasteiger charge is 2.20. The zero-order valence-electron chi connectivity index (χ0n) is 14.9. The molecule has 9 heteroatoms. The Hall–Kier alpha value is -2.35. The van der Waals surface area contributed by atoms with Gasteiger partial charge in [0.1, 0.15) is 0 Å². The number of hydrogen-bond donors (Lipinski definition) is 1. The maximum atomic E-state index is 12.8. The Kier molecular flexibility index (Phi) is 6.39. The van der Waals surface area contributed by atoms with Crippen molar-refractivity contribution in [3.05, 3.63) is 69.7 Å². The molecule has 1 N–H and O–H groups in total. The molecule has 0 radical (unpaired) electrons. The molecular formula is C19H16Cl2N4O2S. The van der Waals surface area contributed by atoms with Gasteiger partial charge in [0, 0.05) is 17.8 Å². The summed E-state index contributed by atoms with van der Waals surface area (Å²) in [6.07, 6.45) is 3.14. The molecule has 1 amide bonds. The van der Waals surface area contributed by atoms with Gasteiger partial charge < -0.3 is 5.32 Å². The molecule has 0 aliphatic rings. The molecular weight excluding hydrogens is 419 g/mol. The van der Waals surface area contributed by atoms with Crippen LogP contribution >= 0.6 is 35.0 Å². The Labute approximate surface area is 175 Å². The van der Waals surface area contributed by atoms with Crippen molar-refractivity contribution in [1.82, 2.24) is 14.5 Å². The summed E-state index contributed by atoms with van der Waals surface area (Å²) in [4.78, 5) is 33.9. The number of thioether (sulfide) groups is 1. The fraction of sp³-hybridized carbons (Fsp3) is 0.158. The van der Waals surface area contributed by atoms with E-state index >= 15 is 0 Å². The number of nitrogens with zero attached hydrogens (tertiary/aromatic N) is 3. The Balaban J connectivity index is 1.92. The van der Waals surface area contributed by atoms with E-state index in [0.717, 1.165) is 11.8 Å². The van der Waals surface area contributed by atoms with E-state index in [2.05, 4.69) is 21.9 Å². The van der Waals surface area contributed by atoms with Gasteiger partial charge in [-0.15, -0.1) is 6.58 Å². The molecule has 6 nitrogen and oxygen atoms in total. The summed E-state index contributed by atoms with van der Waals surface area (Å²) in [7, 11) is 0. The van der Waals surface area contributed by atoms with Gasteiger partial charge in [-0.05, 0) is 37.3 Å². The van der Waals surface area contributed by atoms with Crippen molar-refractivity contribution in [2.24, 2.45) is 0 Å². The molecule has 0 saturated carbocycles. The standard InChI is InChI=1S/C19H16Cl2N4O2S/c1-3-9-25-18(27)13-7-6-12(20)10-15(13)24-19(25)28-11(2)17(26)23-14-5-4-8-22-16(14)21/h3-8,10-11H,1,9H2,2H3,(H,23,26). The predicted octanol–water partition coefficient (Wildman–Crippen LogP) is 4.40. The number of amides is 1. The average molecular weight is 435 g/mol. The predicted molar refractivity (Wildman–Crippen MR) is 114 cm³/mol. The first-order valence-corrected chi connectivity index (χ1v) is 9.93. The number of pyridine rings is 1. The molecule has 0 spiro atoms. The topological polar surface area (TPSA) is 76.9 Å². The minimum Gasteiger partial charge on any atom is -0.322 e. The Morgan fingerprint density at radius 1 is 1.39 bits per heavy atom. The second-order valence-electron chi connectivity index (χ2n) is 5.85. The molecule has 0 saturated heterocycles. The van der Waals surface area contributed by atoms with Gasteiger partial charge in [0.2, 0.25) is 5.91 Å². The minimum absolute atomic E-state index is 0.204. The lowest BCUT2D eigenvalue weighted by Gasteiger charge is -2.16. The lowest BCUT2D eigenvalue weighted by atomic mass is 10.2. The zero-order valence-corrected chi connectivity index (χ0v) is 17.2. The molecule has 1 aromatic carbocycles. The fourth-order valence-electron chi connectivity index (χ4n) is 2.48. The van der Waals surface area contributed by atoms with Crippen molar-refractivity contribution in [1.29, 1.82) is 0 Å². The van der Waals surface area contributed by atoms with Crippen molar-refractivity contribution >= 4 is 57.5 Å². The molecule has 1 atom stereocenters. The number of fused-ring (bicyclic) bond motifs is 1. The van der Waals surface area contributed by atoms with E-state index in [-0.39, 0.29) is 23.2 Å². The number of hydrogen-bond acceptors (Lipinski definition) is 5. The molecule has 2 heterocycles. The smallest absolute Gasteiger partial charge is 0.262 e. The highest BCUT2D eigenvalue weighted by atomic mass is 35.5. The largest absolute Gasteiger partial charge is 0.322 e. The minimum atomic E-state index is -0.545. The van der Waals surface area contributed by atoms with Gasteiger partial charge in [0.25, 0.3) is 5.56 Å². The summed E-state index contributed by atoms with van der Waals surface area (Å²) in [5.41, 5.74) is 0.679. The van der Waals surface area contributed by atoms with Crippen LogP contribution in [-0.4, -0.2) is 25.7 Å². The SMILES string of the molecule is C=CCn1c(SC(C)C(=O)Nc2cccnc2Cl)nc2cc(Cl)ccc2c1=O. The molecule has 28 heavy (non-hydrogen) atoms. The zero-order chi connectivity index (χ0) is 20.3. The molecule has 0 aliphatic carbocycles. The maximum absolute atomic E-state index is 12.8. The second-order valence-corrected chi connectivity index (χ2v) is 7.95. The van der Waals surface area contributed by atoms with E-state index in [1.165, 1.54) is 10.8 Å². The Bertz CT molecular complexity index is 1120. The van der Waals surface area contributed by atoms with E-state index in [4.69, 9.17) is 23.2 Å². The lowest BCUT2D eigenvalue weighted by Crippen LogP contribution is -2.27. The number of benzene rings is 1. The van der Waals surface area contributed by atoms with E-state index in [0.29, 0.717) is 26.8 Å². The van der Waals surface area contributed by atoms with Gasteiger partial charge >= 0.3 is 0 Å². The molecule has 3 aromatic rings. The Morgan fingerprint density at radius 3 is 2.89 bits per heavy atom. The van der Waals surface area contributed by atoms with Crippen molar-refractivity contribution in [3.8, 4) is 0 Å². The van der Waals surface area contributed by atoms with Crippen LogP contribution in [-0.2, 0) is 11.3 Å². The van der Waals surface area contributed by atoms with Crippen molar-refractivity contribution in [2.75, 3.05) is 5.32 Å². The van der Waals surface area contributed by atoms with Crippen LogP contribution in [0.2, 0.25) is 10.2 Å². The summed E-state index contributed by atoms with van der Waals surface area (Å²) in [6, 6.07) is 8.25. The third kappa shape index (κ3) is 4.38. The van der Waals surface area contributed by atoms with Gasteiger partial charge in [0.05, 0.1) is 21.8 Å². The maximum Gasteiger partial charge on any atom is 0.262 e. The summed E-state index contributed by atoms with van der Waals surface area (Å²) >= 11 is 13.2. The number of allylic oxidation sites excluding steroid dienone is 1. The summed E-state index contributed by atoms with van der Waals surface area (Å²) in [6.45, 7) is 5.69. The van der Waals surface area contributed by atoms with Gasteiger partial charge in [-0.2, -0.15) is 0 Å². The molecule has 1 unspecified atom stereocenters. The first-order valence-electron chi connectivity index (χ1n) is 8.29. The van der Waals surface area contributed by atoms with Crippen LogP contribution in [0.4, 0.5) is 5.69 Å². The van der Waals surface area contributed by atoms with Crippen LogP contribution < -0.4 is 10.9 Å². The average Bonchev–Trinajstić information content (AvgIpc) is 2.66. The number of carbonyl (C=O) groups is 1. The van der Waals surface area contributed by atoms with Crippen molar-refractivity contribution in [3.63, 3.8) is 0 Å². The van der Waals surface area contributed by atoms with E-state index < -0.39 is 5.25 Å². The van der Waals surface area contributed by atoms with Crippen molar-refractivity contribution < 1.29 is 4.79 Å². The third-order valence-electron chi connectivity index (χ3n) is 3.86. The van der Waals surface area contributed by atoms with E-state index in [1.54, 1.807) is 43.3 Å². The number of nitrogens with one attached hydrogen (secondary N) is 1. The second kappa shape index (κ2) is 8.77. The summed E-state index contributed by atoms with van der Waals surface area (Å²) in [5.74, 6) is -0.287. The number of carbonyl (C=O) groups excluding carboxylic acids is 1. The Morgan fingerprint density at radius 2 is 2.18 bits per heavy atom. The van der Waals surface area contributed by atoms with Gasteiger partial charge in [-0.1, -0.05) is 41.0 Å². The number of rotatable bonds is 6. The summed E-state index contributed by atoms with van der Waals surface area (Å²) in [5, 5.41) is 3.73. The van der Waals surface area contributed by atoms with Crippen LogP contribution in [0.15, 0.2) is 59.1 Å². The highest BCUT2D eigenvalue weighted by Crippen LogP contribution is 2.26. The van der Waals surface area contributed by atoms with Crippen LogP contribution in [0, 0.1) is 0 Å². The monoisotopic (exact) mass is 434 g/mol. The third-order valence-corrected chi connectivity index (χ3v) is 5.49. The van der Waals surface area contributed by atoms with Crippen molar-refractivity contribution in [2.45, 2.75) is 23.9 Å². The lowest BCUT2D eigenvalue weighted by molar-refractivity contribution is -0.115. The van der Waals surface area contributed by atoms with Gasteiger partial charge in [-0.25, -0.2) is 9.97 Å². The number of anilines is 1. The molecule has 0 fully saturated rings. The number of halogens is 2. The molecule has 3 rings (SSSR count). The first-order chi connectivity index (χ1) is 13.4. The molecule has 2 aromatic heterocycles. The quantitative estimate of drug-likeness (QED) is 0.269. The van der Waals surface area contributed by atoms with E-state index in [9.17, 15) is 9.59 Å². The molecule has 0 bridgehead atoms. The van der Waals surface area contributed by atoms with Gasteiger partial charge in [-0.3, -0.25) is 14.2 Å². The van der Waals surface area contributed by atoms with Gasteiger partial charge in [0.15, 0.2) is 10.3 Å². The number of aromatic nitrogens is 3. The normalized spacial score (nSPS) is 12.0. The first kappa shape index (κ1) is 20.4. The van der Waals surface area contributed by atoms with Crippen LogP contribution in [0.3, 0.4) is 0 Å². The van der Waals surface area contributed by atoms with E-state index in [1.807, 2.05) is 0 Å². The highest BCUT2D eigenvalue weighted by molar-refractivity contribution is 8.00. The molecule has 144 valence electrons.